The van der Waals surface area contributed by atoms with Crippen molar-refractivity contribution < 1.29 is 13.9 Å². The smallest absolute Gasteiger partial charge is 0.224 e. The van der Waals surface area contributed by atoms with Crippen LogP contribution in [0, 0.1) is 5.82 Å². The molecule has 1 heterocycles. The van der Waals surface area contributed by atoms with Crippen LogP contribution < -0.4 is 10.1 Å². The van der Waals surface area contributed by atoms with Crippen molar-refractivity contribution in [3.63, 3.8) is 0 Å². The van der Waals surface area contributed by atoms with E-state index in [4.69, 9.17) is 4.74 Å². The van der Waals surface area contributed by atoms with Crippen LogP contribution in [0.2, 0.25) is 0 Å². The number of benzene rings is 3. The van der Waals surface area contributed by atoms with Crippen molar-refractivity contribution in [2.45, 2.75) is 13.0 Å². The molecular weight excluding hydrogens is 379 g/mol. The van der Waals surface area contributed by atoms with E-state index in [1.54, 1.807) is 25.4 Å². The molecule has 0 aliphatic rings. The number of nitrogens with zero attached hydrogens (tertiary/aromatic N) is 1. The quantitative estimate of drug-likeness (QED) is 0.500. The van der Waals surface area contributed by atoms with E-state index in [1.807, 2.05) is 48.7 Å². The van der Waals surface area contributed by atoms with Gasteiger partial charge in [0.15, 0.2) is 0 Å². The van der Waals surface area contributed by atoms with Crippen molar-refractivity contribution in [2.24, 2.45) is 0 Å². The van der Waals surface area contributed by atoms with Gasteiger partial charge in [-0.05, 0) is 58.0 Å². The molecule has 0 radical (unpaired) electrons. The highest BCUT2D eigenvalue weighted by molar-refractivity contribution is 5.98. The Labute approximate surface area is 174 Å². The average Bonchev–Trinajstić information content (AvgIpc) is 2.77. The summed E-state index contributed by atoms with van der Waals surface area (Å²) in [6, 6.07) is 20.0. The molecule has 1 aromatic heterocycles. The first kappa shape index (κ1) is 19.6. The Bertz CT molecular complexity index is 1210. The lowest BCUT2D eigenvalue weighted by Gasteiger charge is -2.13. The van der Waals surface area contributed by atoms with Gasteiger partial charge in [-0.1, -0.05) is 36.4 Å². The van der Waals surface area contributed by atoms with E-state index in [2.05, 4.69) is 10.3 Å². The summed E-state index contributed by atoms with van der Waals surface area (Å²) in [5.41, 5.74) is 3.73. The number of rotatable bonds is 6. The second-order valence-corrected chi connectivity index (χ2v) is 7.01. The van der Waals surface area contributed by atoms with Crippen LogP contribution in [-0.2, 0) is 17.8 Å². The molecule has 0 atom stereocenters. The minimum atomic E-state index is -0.342. The number of carbonyl (C=O) groups excluding carboxylic acids is 1. The van der Waals surface area contributed by atoms with Crippen molar-refractivity contribution in [1.29, 1.82) is 0 Å². The largest absolute Gasteiger partial charge is 0.497 e. The molecule has 30 heavy (non-hydrogen) atoms. The molecule has 4 aromatic rings. The second kappa shape index (κ2) is 8.74. The fraction of sp³-hybridized carbons (Fsp3) is 0.120. The Hall–Kier alpha value is -3.73. The standard InChI is InChI=1S/C25H21FN2O2/c1-30-21-7-3-5-18(14-21)22-9-8-19(24-16-27-11-10-23(22)24)15-28-25(29)13-17-4-2-6-20(26)12-17/h2-12,14,16H,13,15H2,1H3,(H,28,29). The molecule has 0 saturated heterocycles. The number of carbonyl (C=O) groups is 1. The molecule has 0 saturated carbocycles. The molecule has 0 aliphatic heterocycles. The Kier molecular flexibility index (Phi) is 5.70. The molecule has 1 amide bonds. The Morgan fingerprint density at radius 3 is 2.73 bits per heavy atom. The molecule has 1 N–H and O–H groups in total. The fourth-order valence-corrected chi connectivity index (χ4v) is 3.53. The summed E-state index contributed by atoms with van der Waals surface area (Å²) in [5.74, 6) is 0.295. The molecule has 5 heteroatoms. The summed E-state index contributed by atoms with van der Waals surface area (Å²) in [5, 5.41) is 4.95. The topological polar surface area (TPSA) is 51.2 Å². The van der Waals surface area contributed by atoms with E-state index in [0.717, 1.165) is 33.2 Å². The van der Waals surface area contributed by atoms with Gasteiger partial charge in [0, 0.05) is 24.3 Å². The summed E-state index contributed by atoms with van der Waals surface area (Å²) in [6.45, 7) is 0.370. The zero-order chi connectivity index (χ0) is 20.9. The SMILES string of the molecule is COc1cccc(-c2ccc(CNC(=O)Cc3cccc(F)c3)c3cnccc23)c1. The van der Waals surface area contributed by atoms with Crippen LogP contribution in [-0.4, -0.2) is 18.0 Å². The number of pyridine rings is 1. The number of halogens is 1. The van der Waals surface area contributed by atoms with Crippen molar-refractivity contribution >= 4 is 16.7 Å². The van der Waals surface area contributed by atoms with Crippen LogP contribution in [0.5, 0.6) is 5.75 Å². The van der Waals surface area contributed by atoms with Gasteiger partial charge < -0.3 is 10.1 Å². The lowest BCUT2D eigenvalue weighted by molar-refractivity contribution is -0.120. The molecule has 0 aliphatic carbocycles. The number of hydrogen-bond donors (Lipinski definition) is 1. The van der Waals surface area contributed by atoms with Gasteiger partial charge in [-0.2, -0.15) is 0 Å². The van der Waals surface area contributed by atoms with Crippen LogP contribution in [0.4, 0.5) is 4.39 Å². The van der Waals surface area contributed by atoms with Gasteiger partial charge in [-0.15, -0.1) is 0 Å². The first-order valence-corrected chi connectivity index (χ1v) is 9.65. The van der Waals surface area contributed by atoms with E-state index in [9.17, 15) is 9.18 Å². The summed E-state index contributed by atoms with van der Waals surface area (Å²) >= 11 is 0. The fourth-order valence-electron chi connectivity index (χ4n) is 3.53. The maximum Gasteiger partial charge on any atom is 0.224 e. The third kappa shape index (κ3) is 4.30. The monoisotopic (exact) mass is 400 g/mol. The molecular formula is C25H21FN2O2. The molecule has 3 aromatic carbocycles. The molecule has 0 bridgehead atoms. The average molecular weight is 400 g/mol. The van der Waals surface area contributed by atoms with E-state index in [1.165, 1.54) is 12.1 Å². The molecule has 4 nitrogen and oxygen atoms in total. The van der Waals surface area contributed by atoms with Crippen LogP contribution in [0.1, 0.15) is 11.1 Å². The Morgan fingerprint density at radius 1 is 1.03 bits per heavy atom. The maximum absolute atomic E-state index is 13.3. The van der Waals surface area contributed by atoms with Gasteiger partial charge in [0.1, 0.15) is 11.6 Å². The van der Waals surface area contributed by atoms with Crippen LogP contribution >= 0.6 is 0 Å². The first-order chi connectivity index (χ1) is 14.6. The molecule has 0 unspecified atom stereocenters. The predicted molar refractivity (Wildman–Crippen MR) is 116 cm³/mol. The van der Waals surface area contributed by atoms with Crippen molar-refractivity contribution in [3.05, 3.63) is 96.1 Å². The van der Waals surface area contributed by atoms with Gasteiger partial charge in [-0.25, -0.2) is 4.39 Å². The molecule has 4 rings (SSSR count). The third-order valence-electron chi connectivity index (χ3n) is 5.02. The van der Waals surface area contributed by atoms with Gasteiger partial charge >= 0.3 is 0 Å². The first-order valence-electron chi connectivity index (χ1n) is 9.65. The van der Waals surface area contributed by atoms with E-state index >= 15 is 0 Å². The van der Waals surface area contributed by atoms with Crippen LogP contribution in [0.25, 0.3) is 21.9 Å². The van der Waals surface area contributed by atoms with E-state index in [-0.39, 0.29) is 18.1 Å². The zero-order valence-corrected chi connectivity index (χ0v) is 16.6. The van der Waals surface area contributed by atoms with Gasteiger partial charge in [0.25, 0.3) is 0 Å². The number of ether oxygens (including phenoxy) is 1. The minimum Gasteiger partial charge on any atom is -0.497 e. The zero-order valence-electron chi connectivity index (χ0n) is 16.6. The number of hydrogen-bond acceptors (Lipinski definition) is 3. The van der Waals surface area contributed by atoms with E-state index in [0.29, 0.717) is 12.1 Å². The lowest BCUT2D eigenvalue weighted by Crippen LogP contribution is -2.24. The summed E-state index contributed by atoms with van der Waals surface area (Å²) < 4.78 is 18.7. The van der Waals surface area contributed by atoms with Crippen molar-refractivity contribution in [1.82, 2.24) is 10.3 Å². The molecule has 0 fully saturated rings. The highest BCUT2D eigenvalue weighted by atomic mass is 19.1. The van der Waals surface area contributed by atoms with Crippen LogP contribution in [0.15, 0.2) is 79.1 Å². The number of amides is 1. The minimum absolute atomic E-state index is 0.135. The highest BCUT2D eigenvalue weighted by Gasteiger charge is 2.10. The third-order valence-corrected chi connectivity index (χ3v) is 5.02. The second-order valence-electron chi connectivity index (χ2n) is 7.01. The number of fused-ring (bicyclic) bond motifs is 1. The normalized spacial score (nSPS) is 10.7. The Morgan fingerprint density at radius 2 is 1.90 bits per heavy atom. The lowest BCUT2D eigenvalue weighted by atomic mass is 9.96. The predicted octanol–water partition coefficient (Wildman–Crippen LogP) is 4.91. The number of aromatic nitrogens is 1. The number of nitrogens with one attached hydrogen (secondary N) is 1. The summed E-state index contributed by atoms with van der Waals surface area (Å²) in [6.07, 6.45) is 3.71. The van der Waals surface area contributed by atoms with Gasteiger partial charge in [-0.3, -0.25) is 9.78 Å². The summed E-state index contributed by atoms with van der Waals surface area (Å²) in [7, 11) is 1.65. The van der Waals surface area contributed by atoms with E-state index < -0.39 is 0 Å². The maximum atomic E-state index is 13.3. The highest BCUT2D eigenvalue weighted by Crippen LogP contribution is 2.32. The number of methoxy groups -OCH3 is 1. The molecule has 0 spiro atoms. The van der Waals surface area contributed by atoms with Crippen molar-refractivity contribution in [2.75, 3.05) is 7.11 Å². The van der Waals surface area contributed by atoms with Gasteiger partial charge in [0.05, 0.1) is 13.5 Å². The van der Waals surface area contributed by atoms with Crippen LogP contribution in [0.3, 0.4) is 0 Å². The molecule has 150 valence electrons. The Balaban J connectivity index is 1.57. The summed E-state index contributed by atoms with van der Waals surface area (Å²) in [4.78, 5) is 16.6. The van der Waals surface area contributed by atoms with Crippen molar-refractivity contribution in [3.8, 4) is 16.9 Å². The van der Waals surface area contributed by atoms with Gasteiger partial charge in [0.2, 0.25) is 5.91 Å².